The first-order valence-electron chi connectivity index (χ1n) is 15.2. The van der Waals surface area contributed by atoms with Crippen LogP contribution >= 0.6 is 0 Å². The van der Waals surface area contributed by atoms with Crippen molar-refractivity contribution in [2.45, 2.75) is 31.7 Å². The van der Waals surface area contributed by atoms with E-state index >= 15 is 0 Å². The number of benzene rings is 4. The number of hydrogen-bond acceptors (Lipinski definition) is 11. The average molecular weight is 657 g/mol. The largest absolute Gasteiger partial charge is 0.493 e. The Balaban J connectivity index is 1.71. The van der Waals surface area contributed by atoms with Crippen molar-refractivity contribution in [2.24, 2.45) is 5.92 Å². The fourth-order valence-corrected chi connectivity index (χ4v) is 6.33. The summed E-state index contributed by atoms with van der Waals surface area (Å²) in [6.45, 7) is 3.17. The normalized spacial score (nSPS) is 20.7. The maximum Gasteiger partial charge on any atom is 0.338 e. The molecule has 0 saturated carbocycles. The molecule has 1 aliphatic heterocycles. The molecule has 250 valence electrons. The van der Waals surface area contributed by atoms with Gasteiger partial charge in [0.1, 0.15) is 11.7 Å². The van der Waals surface area contributed by atoms with E-state index in [2.05, 4.69) is 0 Å². The Morgan fingerprint density at radius 2 is 1.29 bits per heavy atom. The van der Waals surface area contributed by atoms with E-state index in [0.29, 0.717) is 39.3 Å². The molecule has 1 aliphatic carbocycles. The van der Waals surface area contributed by atoms with Crippen molar-refractivity contribution in [3.05, 3.63) is 95.1 Å². The Labute approximate surface area is 277 Å². The van der Waals surface area contributed by atoms with Crippen LogP contribution in [0, 0.1) is 5.92 Å². The summed E-state index contributed by atoms with van der Waals surface area (Å²) in [6, 6.07) is 20.3. The van der Waals surface area contributed by atoms with Crippen LogP contribution in [-0.2, 0) is 9.47 Å². The molecular weight excluding hydrogens is 620 g/mol. The van der Waals surface area contributed by atoms with Crippen LogP contribution in [-0.4, -0.2) is 57.9 Å². The number of esters is 2. The lowest BCUT2D eigenvalue weighted by Gasteiger charge is -2.44. The number of methoxy groups -OCH3 is 4. The number of rotatable bonds is 8. The summed E-state index contributed by atoms with van der Waals surface area (Å²) in [7, 11) is 5.85. The van der Waals surface area contributed by atoms with Crippen molar-refractivity contribution in [3.63, 3.8) is 0 Å². The fraction of sp³-hybridized carbons (Fsp3) is 0.297. The van der Waals surface area contributed by atoms with Crippen LogP contribution in [0.1, 0.15) is 57.9 Å². The van der Waals surface area contributed by atoms with E-state index in [1.807, 2.05) is 0 Å². The third-order valence-corrected chi connectivity index (χ3v) is 8.94. The third kappa shape index (κ3) is 5.39. The summed E-state index contributed by atoms with van der Waals surface area (Å²) >= 11 is 0. The number of carbonyl (C=O) groups excluding carboxylic acids is 2. The van der Waals surface area contributed by atoms with E-state index in [1.165, 1.54) is 35.4 Å². The molecule has 11 nitrogen and oxygen atoms in total. The highest BCUT2D eigenvalue weighted by atomic mass is 16.7. The maximum absolute atomic E-state index is 13.7. The first-order valence-corrected chi connectivity index (χ1v) is 15.2. The molecule has 6 rings (SSSR count). The van der Waals surface area contributed by atoms with Crippen LogP contribution in [0.5, 0.6) is 34.5 Å². The Morgan fingerprint density at radius 1 is 0.729 bits per heavy atom. The molecule has 4 aromatic carbocycles. The molecule has 0 spiro atoms. The van der Waals surface area contributed by atoms with E-state index in [1.54, 1.807) is 79.7 Å². The number of ether oxygens (including phenoxy) is 8. The first-order chi connectivity index (χ1) is 23.2. The SMILES string of the molecule is COc1cc2c(c(OC)c1OC)-c1c(cc3c(c1OC)OCO3)C(OC(=O)c1ccccc1)C(C)C(C)(O)C2OC(=O)c1ccccc1. The van der Waals surface area contributed by atoms with Gasteiger partial charge in [0.05, 0.1) is 39.6 Å². The predicted molar refractivity (Wildman–Crippen MR) is 173 cm³/mol. The summed E-state index contributed by atoms with van der Waals surface area (Å²) in [4.78, 5) is 27.5. The van der Waals surface area contributed by atoms with Gasteiger partial charge in [0, 0.05) is 28.2 Å². The minimum Gasteiger partial charge on any atom is -0.493 e. The second kappa shape index (κ2) is 13.0. The van der Waals surface area contributed by atoms with Crippen LogP contribution in [0.25, 0.3) is 11.1 Å². The first kappa shape index (κ1) is 32.5. The van der Waals surface area contributed by atoms with Gasteiger partial charge >= 0.3 is 11.9 Å². The molecule has 11 heteroatoms. The molecule has 0 fully saturated rings. The van der Waals surface area contributed by atoms with Crippen LogP contribution in [0.4, 0.5) is 0 Å². The standard InChI is InChI=1S/C37H36O11/c1-20-29(47-35(38)21-13-9-7-10-14-21)23-17-26-31(46-19-45-26)33(44-6)27(23)28-24(18-25(41-3)30(42-4)32(28)43-5)34(37(20,2)40)48-36(39)22-15-11-8-12-16-22/h7-18,20,29,34,40H,19H2,1-6H3. The average Bonchev–Trinajstić information content (AvgIpc) is 3.59. The van der Waals surface area contributed by atoms with E-state index in [0.717, 1.165) is 0 Å². The van der Waals surface area contributed by atoms with Gasteiger partial charge < -0.3 is 43.0 Å². The molecule has 0 amide bonds. The zero-order valence-corrected chi connectivity index (χ0v) is 27.4. The maximum atomic E-state index is 13.7. The fourth-order valence-electron chi connectivity index (χ4n) is 6.33. The molecule has 0 saturated heterocycles. The summed E-state index contributed by atoms with van der Waals surface area (Å²) in [6.07, 6.45) is -2.51. The quantitative estimate of drug-likeness (QED) is 0.214. The molecule has 1 heterocycles. The van der Waals surface area contributed by atoms with Crippen molar-refractivity contribution in [1.29, 1.82) is 0 Å². The minimum atomic E-state index is -1.88. The third-order valence-electron chi connectivity index (χ3n) is 8.94. The number of hydrogen-bond donors (Lipinski definition) is 1. The number of carbonyl (C=O) groups is 2. The molecule has 0 radical (unpaired) electrons. The molecular formula is C37H36O11. The van der Waals surface area contributed by atoms with Gasteiger partial charge in [-0.25, -0.2) is 9.59 Å². The second-order valence-electron chi connectivity index (χ2n) is 11.6. The molecule has 2 aliphatic rings. The zero-order valence-electron chi connectivity index (χ0n) is 27.4. The molecule has 4 aromatic rings. The number of fused-ring (bicyclic) bond motifs is 4. The molecule has 1 N–H and O–H groups in total. The van der Waals surface area contributed by atoms with Gasteiger partial charge in [-0.3, -0.25) is 0 Å². The lowest BCUT2D eigenvalue weighted by Crippen LogP contribution is -2.46. The van der Waals surface area contributed by atoms with E-state index < -0.39 is 35.7 Å². The summed E-state index contributed by atoms with van der Waals surface area (Å²) in [5.74, 6) is -0.659. The van der Waals surface area contributed by atoms with Gasteiger partial charge in [0.15, 0.2) is 29.1 Å². The molecule has 4 atom stereocenters. The molecule has 0 aromatic heterocycles. The lowest BCUT2D eigenvalue weighted by atomic mass is 9.71. The Kier molecular flexibility index (Phi) is 8.81. The molecule has 48 heavy (non-hydrogen) atoms. The molecule has 4 unspecified atom stereocenters. The van der Waals surface area contributed by atoms with Crippen molar-refractivity contribution in [1.82, 2.24) is 0 Å². The van der Waals surface area contributed by atoms with Crippen molar-refractivity contribution in [3.8, 4) is 45.6 Å². The molecule has 0 bridgehead atoms. The smallest absolute Gasteiger partial charge is 0.338 e. The highest BCUT2D eigenvalue weighted by molar-refractivity contribution is 5.93. The predicted octanol–water partition coefficient (Wildman–Crippen LogP) is 6.31. The summed E-state index contributed by atoms with van der Waals surface area (Å²) in [5.41, 5.74) is 0.155. The van der Waals surface area contributed by atoms with Gasteiger partial charge in [-0.1, -0.05) is 43.3 Å². The second-order valence-corrected chi connectivity index (χ2v) is 11.6. The van der Waals surface area contributed by atoms with E-state index in [4.69, 9.17) is 37.9 Å². The van der Waals surface area contributed by atoms with Gasteiger partial charge in [0.25, 0.3) is 0 Å². The monoisotopic (exact) mass is 656 g/mol. The van der Waals surface area contributed by atoms with Gasteiger partial charge in [-0.2, -0.15) is 0 Å². The minimum absolute atomic E-state index is 0.0798. The lowest BCUT2D eigenvalue weighted by molar-refractivity contribution is -0.135. The van der Waals surface area contributed by atoms with Crippen LogP contribution in [0.15, 0.2) is 72.8 Å². The zero-order chi connectivity index (χ0) is 34.2. The van der Waals surface area contributed by atoms with Crippen LogP contribution in [0.2, 0.25) is 0 Å². The Bertz CT molecular complexity index is 1840. The van der Waals surface area contributed by atoms with E-state index in [9.17, 15) is 14.7 Å². The Morgan fingerprint density at radius 3 is 1.85 bits per heavy atom. The van der Waals surface area contributed by atoms with E-state index in [-0.39, 0.29) is 35.4 Å². The summed E-state index contributed by atoms with van der Waals surface area (Å²) < 4.78 is 47.7. The van der Waals surface area contributed by atoms with Crippen molar-refractivity contribution >= 4 is 11.9 Å². The van der Waals surface area contributed by atoms with Crippen molar-refractivity contribution < 1.29 is 52.6 Å². The topological polar surface area (TPSA) is 128 Å². The van der Waals surface area contributed by atoms with Gasteiger partial charge in [-0.05, 0) is 43.3 Å². The van der Waals surface area contributed by atoms with Crippen LogP contribution in [0.3, 0.4) is 0 Å². The Hall–Kier alpha value is -5.42. The van der Waals surface area contributed by atoms with Crippen LogP contribution < -0.4 is 28.4 Å². The highest BCUT2D eigenvalue weighted by Gasteiger charge is 2.51. The van der Waals surface area contributed by atoms with Gasteiger partial charge in [-0.15, -0.1) is 0 Å². The van der Waals surface area contributed by atoms with Gasteiger partial charge in [0.2, 0.25) is 18.3 Å². The number of aliphatic hydroxyl groups is 1. The highest BCUT2D eigenvalue weighted by Crippen LogP contribution is 2.61. The van der Waals surface area contributed by atoms with Crippen molar-refractivity contribution in [2.75, 3.05) is 35.2 Å². The summed E-state index contributed by atoms with van der Waals surface area (Å²) in [5, 5.41) is 12.6.